The van der Waals surface area contributed by atoms with E-state index in [-0.39, 0.29) is 12.2 Å². The number of nitrogen functional groups attached to an aromatic ring is 1. The second kappa shape index (κ2) is 9.19. The molecule has 35 heavy (non-hydrogen) atoms. The first kappa shape index (κ1) is 24.2. The summed E-state index contributed by atoms with van der Waals surface area (Å²) in [6, 6.07) is 19.9. The number of nitrogens with zero attached hydrogens (tertiary/aromatic N) is 1. The summed E-state index contributed by atoms with van der Waals surface area (Å²) in [6.07, 6.45) is -1.35. The SMILES string of the molecule is CC(F)(F)[C@H]1OC[C@]2(c3cc(Br)ccc3F)N=C(Nc3ccc(-c4ccc(N)cc4)cc3)SC[C@H]12. The Labute approximate surface area is 214 Å². The molecule has 3 aromatic carbocycles. The third-order valence-electron chi connectivity index (χ3n) is 6.44. The van der Waals surface area contributed by atoms with Gasteiger partial charge in [0.2, 0.25) is 0 Å². The Morgan fingerprint density at radius 2 is 1.74 bits per heavy atom. The molecule has 4 nitrogen and oxygen atoms in total. The van der Waals surface area contributed by atoms with Crippen molar-refractivity contribution in [3.8, 4) is 11.1 Å². The maximum absolute atomic E-state index is 15.0. The summed E-state index contributed by atoms with van der Waals surface area (Å²) < 4.78 is 50.1. The zero-order valence-electron chi connectivity index (χ0n) is 18.8. The third kappa shape index (κ3) is 4.69. The van der Waals surface area contributed by atoms with Crippen LogP contribution in [0.2, 0.25) is 0 Å². The van der Waals surface area contributed by atoms with Crippen molar-refractivity contribution in [2.75, 3.05) is 23.4 Å². The number of hydrogen-bond donors (Lipinski definition) is 2. The van der Waals surface area contributed by atoms with Crippen LogP contribution in [0.5, 0.6) is 0 Å². The molecule has 3 aromatic rings. The average molecular weight is 562 g/mol. The van der Waals surface area contributed by atoms with Gasteiger partial charge in [-0.25, -0.2) is 18.2 Å². The third-order valence-corrected chi connectivity index (χ3v) is 7.92. The summed E-state index contributed by atoms with van der Waals surface area (Å²) in [7, 11) is 0. The van der Waals surface area contributed by atoms with E-state index in [4.69, 9.17) is 15.5 Å². The van der Waals surface area contributed by atoms with Gasteiger partial charge in [-0.05, 0) is 53.6 Å². The van der Waals surface area contributed by atoms with E-state index in [1.165, 1.54) is 17.8 Å². The average Bonchev–Trinajstić information content (AvgIpc) is 3.22. The highest BCUT2D eigenvalue weighted by Gasteiger charge is 2.60. The molecule has 0 aromatic heterocycles. The largest absolute Gasteiger partial charge is 0.399 e. The number of anilines is 2. The molecule has 2 aliphatic rings. The van der Waals surface area contributed by atoms with E-state index in [1.807, 2.05) is 48.5 Å². The monoisotopic (exact) mass is 561 g/mol. The maximum atomic E-state index is 15.0. The highest BCUT2D eigenvalue weighted by Crippen LogP contribution is 2.52. The van der Waals surface area contributed by atoms with E-state index in [2.05, 4.69) is 21.2 Å². The molecule has 1 saturated heterocycles. The lowest BCUT2D eigenvalue weighted by Gasteiger charge is -2.37. The summed E-state index contributed by atoms with van der Waals surface area (Å²) in [5.41, 5.74) is 8.32. The van der Waals surface area contributed by atoms with E-state index in [1.54, 1.807) is 12.1 Å². The first-order valence-corrected chi connectivity index (χ1v) is 12.8. The molecule has 0 amide bonds. The van der Waals surface area contributed by atoms with Crippen molar-refractivity contribution >= 4 is 44.2 Å². The van der Waals surface area contributed by atoms with Crippen LogP contribution in [0.15, 0.2) is 76.2 Å². The van der Waals surface area contributed by atoms with Crippen LogP contribution in [0.25, 0.3) is 11.1 Å². The smallest absolute Gasteiger partial charge is 0.271 e. The fourth-order valence-electron chi connectivity index (χ4n) is 4.69. The van der Waals surface area contributed by atoms with Gasteiger partial charge in [-0.3, -0.25) is 0 Å². The number of nitrogens with one attached hydrogen (secondary N) is 1. The van der Waals surface area contributed by atoms with Crippen molar-refractivity contribution < 1.29 is 17.9 Å². The maximum Gasteiger partial charge on any atom is 0.271 e. The molecule has 9 heteroatoms. The number of alkyl halides is 2. The topological polar surface area (TPSA) is 59.6 Å². The molecule has 2 aliphatic heterocycles. The van der Waals surface area contributed by atoms with Crippen molar-refractivity contribution in [3.05, 3.63) is 82.6 Å². The van der Waals surface area contributed by atoms with Gasteiger partial charge >= 0.3 is 0 Å². The molecule has 2 heterocycles. The molecule has 0 radical (unpaired) electrons. The molecular weight excluding hydrogens is 539 g/mol. The molecule has 0 spiro atoms. The van der Waals surface area contributed by atoms with Crippen LogP contribution in [0, 0.1) is 11.7 Å². The Hall–Kier alpha value is -2.49. The lowest BCUT2D eigenvalue weighted by molar-refractivity contribution is -0.113. The van der Waals surface area contributed by atoms with Gasteiger partial charge in [0.25, 0.3) is 5.92 Å². The zero-order chi connectivity index (χ0) is 24.8. The fourth-order valence-corrected chi connectivity index (χ4v) is 6.26. The number of benzene rings is 3. The molecule has 0 unspecified atom stereocenters. The molecule has 3 atom stereocenters. The number of amidine groups is 1. The molecule has 0 saturated carbocycles. The predicted octanol–water partition coefficient (Wildman–Crippen LogP) is 6.92. The van der Waals surface area contributed by atoms with Crippen LogP contribution in [0.1, 0.15) is 12.5 Å². The first-order valence-electron chi connectivity index (χ1n) is 11.1. The number of aliphatic imine (C=N–C) groups is 1. The molecular formula is C26H23BrF3N3OS. The molecule has 3 N–H and O–H groups in total. The highest BCUT2D eigenvalue weighted by molar-refractivity contribution is 9.10. The van der Waals surface area contributed by atoms with Crippen LogP contribution >= 0.6 is 27.7 Å². The molecule has 5 rings (SSSR count). The van der Waals surface area contributed by atoms with Gasteiger partial charge in [0.1, 0.15) is 17.5 Å². The molecule has 0 bridgehead atoms. The minimum Gasteiger partial charge on any atom is -0.399 e. The Balaban J connectivity index is 1.47. The summed E-state index contributed by atoms with van der Waals surface area (Å²) in [5.74, 6) is -3.94. The van der Waals surface area contributed by atoms with Crippen molar-refractivity contribution in [2.24, 2.45) is 10.9 Å². The van der Waals surface area contributed by atoms with E-state index in [0.29, 0.717) is 21.1 Å². The lowest BCUT2D eigenvalue weighted by Crippen LogP contribution is -2.46. The normalized spacial score (nSPS) is 24.1. The van der Waals surface area contributed by atoms with Crippen LogP contribution in [0.3, 0.4) is 0 Å². The Bertz CT molecular complexity index is 1260. The minimum atomic E-state index is -3.08. The van der Waals surface area contributed by atoms with E-state index in [9.17, 15) is 8.78 Å². The summed E-state index contributed by atoms with van der Waals surface area (Å²) in [5, 5.41) is 3.81. The van der Waals surface area contributed by atoms with Gasteiger partial charge in [-0.2, -0.15) is 0 Å². The second-order valence-electron chi connectivity index (χ2n) is 8.90. The van der Waals surface area contributed by atoms with E-state index >= 15 is 4.39 Å². The van der Waals surface area contributed by atoms with E-state index in [0.717, 1.165) is 23.7 Å². The van der Waals surface area contributed by atoms with Crippen LogP contribution in [-0.2, 0) is 10.3 Å². The van der Waals surface area contributed by atoms with Gasteiger partial charge in [0.15, 0.2) is 5.17 Å². The Kier molecular flexibility index (Phi) is 6.35. The molecule has 182 valence electrons. The van der Waals surface area contributed by atoms with Crippen molar-refractivity contribution in [3.63, 3.8) is 0 Å². The number of halogens is 4. The van der Waals surface area contributed by atoms with Crippen molar-refractivity contribution in [2.45, 2.75) is 24.5 Å². The Morgan fingerprint density at radius 3 is 2.40 bits per heavy atom. The number of nitrogens with two attached hydrogens (primary N) is 1. The highest BCUT2D eigenvalue weighted by atomic mass is 79.9. The lowest BCUT2D eigenvalue weighted by atomic mass is 9.77. The second-order valence-corrected chi connectivity index (χ2v) is 10.8. The molecule has 0 aliphatic carbocycles. The number of hydrogen-bond acceptors (Lipinski definition) is 5. The first-order chi connectivity index (χ1) is 16.7. The van der Waals surface area contributed by atoms with E-state index < -0.39 is 29.3 Å². The van der Waals surface area contributed by atoms with Gasteiger partial charge in [-0.1, -0.05) is 52.0 Å². The Morgan fingerprint density at radius 1 is 1.09 bits per heavy atom. The number of fused-ring (bicyclic) bond motifs is 1. The van der Waals surface area contributed by atoms with Gasteiger partial charge in [-0.15, -0.1) is 0 Å². The van der Waals surface area contributed by atoms with Crippen LogP contribution in [-0.4, -0.2) is 29.6 Å². The van der Waals surface area contributed by atoms with Crippen LogP contribution in [0.4, 0.5) is 24.5 Å². The fraction of sp³-hybridized carbons (Fsp3) is 0.269. The van der Waals surface area contributed by atoms with Gasteiger partial charge in [0, 0.05) is 40.0 Å². The summed E-state index contributed by atoms with van der Waals surface area (Å²) in [4.78, 5) is 4.83. The van der Waals surface area contributed by atoms with Gasteiger partial charge in [0.05, 0.1) is 6.61 Å². The number of thioether (sulfide) groups is 1. The quantitative estimate of drug-likeness (QED) is 0.339. The number of rotatable bonds is 4. The summed E-state index contributed by atoms with van der Waals surface area (Å²) in [6.45, 7) is 0.719. The standard InChI is InChI=1S/C26H23BrF3N3OS/c1-25(29,30)23-21-13-35-24(33-26(21,14-34-23)20-12-17(27)6-11-22(20)28)32-19-9-4-16(5-10-19)15-2-7-18(31)8-3-15/h2-12,21,23H,13-14,31H2,1H3,(H,32,33)/t21-,23+,26-/m1/s1. The van der Waals surface area contributed by atoms with Crippen LogP contribution < -0.4 is 11.1 Å². The zero-order valence-corrected chi connectivity index (χ0v) is 21.2. The minimum absolute atomic E-state index is 0.124. The van der Waals surface area contributed by atoms with Crippen molar-refractivity contribution in [1.82, 2.24) is 0 Å². The van der Waals surface area contributed by atoms with Crippen molar-refractivity contribution in [1.29, 1.82) is 0 Å². The summed E-state index contributed by atoms with van der Waals surface area (Å²) >= 11 is 4.72. The molecule has 1 fully saturated rings. The predicted molar refractivity (Wildman–Crippen MR) is 139 cm³/mol. The van der Waals surface area contributed by atoms with Gasteiger partial charge < -0.3 is 15.8 Å². The number of ether oxygens (including phenoxy) is 1.